The van der Waals surface area contributed by atoms with Crippen LogP contribution in [0.15, 0.2) is 54.7 Å². The number of piperidine rings is 1. The molecule has 1 saturated heterocycles. The summed E-state index contributed by atoms with van der Waals surface area (Å²) in [5.74, 6) is 0.706. The van der Waals surface area contributed by atoms with Crippen LogP contribution >= 0.6 is 12.4 Å². The topological polar surface area (TPSA) is 91.6 Å². The molecule has 1 aromatic heterocycles. The first kappa shape index (κ1) is 22.1. The lowest BCUT2D eigenvalue weighted by Gasteiger charge is -2.33. The number of aliphatic hydroxyl groups is 1. The second-order valence-corrected chi connectivity index (χ2v) is 7.55. The molecule has 1 aliphatic heterocycles. The molecule has 0 amide bonds. The number of hydrogen-bond donors (Lipinski definition) is 2. The third-order valence-corrected chi connectivity index (χ3v) is 5.61. The molecule has 2 aromatic carbocycles. The van der Waals surface area contributed by atoms with Crippen molar-refractivity contribution in [1.29, 1.82) is 0 Å². The summed E-state index contributed by atoms with van der Waals surface area (Å²) in [7, 11) is 0. The number of benzene rings is 2. The van der Waals surface area contributed by atoms with Crippen LogP contribution in [0, 0.1) is 10.1 Å². The Morgan fingerprint density at radius 2 is 1.87 bits per heavy atom. The number of aromatic amines is 1. The molecular weight excluding hydrogens is 406 g/mol. The van der Waals surface area contributed by atoms with Crippen molar-refractivity contribution in [3.8, 4) is 5.75 Å². The monoisotopic (exact) mass is 431 g/mol. The molecule has 0 bridgehead atoms. The van der Waals surface area contributed by atoms with Gasteiger partial charge in [-0.05, 0) is 49.5 Å². The van der Waals surface area contributed by atoms with Crippen molar-refractivity contribution < 1.29 is 14.8 Å². The van der Waals surface area contributed by atoms with Crippen LogP contribution in [0.5, 0.6) is 5.75 Å². The van der Waals surface area contributed by atoms with Gasteiger partial charge in [-0.2, -0.15) is 0 Å². The summed E-state index contributed by atoms with van der Waals surface area (Å²) in [4.78, 5) is 16.2. The van der Waals surface area contributed by atoms with Crippen LogP contribution in [-0.4, -0.2) is 52.3 Å². The average Bonchev–Trinajstić information content (AvgIpc) is 3.17. The number of ether oxygens (including phenoxy) is 1. The van der Waals surface area contributed by atoms with Gasteiger partial charge in [0.25, 0.3) is 0 Å². The largest absolute Gasteiger partial charge is 0.484 e. The Bertz CT molecular complexity index is 985. The molecular formula is C22H26ClN3O4. The van der Waals surface area contributed by atoms with Crippen molar-refractivity contribution in [2.45, 2.75) is 24.9 Å². The smallest absolute Gasteiger partial charge is 0.310 e. The maximum Gasteiger partial charge on any atom is 0.310 e. The number of halogens is 1. The highest BCUT2D eigenvalue weighted by molar-refractivity contribution is 5.85. The Labute approximate surface area is 181 Å². The Morgan fingerprint density at radius 1 is 1.17 bits per heavy atom. The molecule has 0 radical (unpaired) electrons. The van der Waals surface area contributed by atoms with Crippen LogP contribution in [0.1, 0.15) is 24.3 Å². The van der Waals surface area contributed by atoms with Gasteiger partial charge in [0, 0.05) is 29.7 Å². The lowest BCUT2D eigenvalue weighted by molar-refractivity contribution is -0.385. The van der Waals surface area contributed by atoms with E-state index in [1.54, 1.807) is 18.2 Å². The molecule has 1 atom stereocenters. The number of para-hydroxylation sites is 3. The van der Waals surface area contributed by atoms with E-state index in [0.717, 1.165) is 25.9 Å². The highest BCUT2D eigenvalue weighted by atomic mass is 35.5. The third-order valence-electron chi connectivity index (χ3n) is 5.61. The van der Waals surface area contributed by atoms with Gasteiger partial charge in [0.15, 0.2) is 5.75 Å². The molecule has 0 saturated carbocycles. The molecule has 1 aliphatic rings. The average molecular weight is 432 g/mol. The van der Waals surface area contributed by atoms with E-state index in [4.69, 9.17) is 4.74 Å². The SMILES string of the molecule is Cl.O=[N+]([O-])c1ccccc1OCC(O)CN1CCC(c2c[nH]c3ccccc23)CC1. The van der Waals surface area contributed by atoms with Gasteiger partial charge >= 0.3 is 5.69 Å². The zero-order chi connectivity index (χ0) is 20.2. The predicted molar refractivity (Wildman–Crippen MR) is 119 cm³/mol. The minimum atomic E-state index is -0.695. The van der Waals surface area contributed by atoms with Crippen LogP contribution in [0.25, 0.3) is 10.9 Å². The quantitative estimate of drug-likeness (QED) is 0.433. The number of nitro groups is 1. The number of hydrogen-bond acceptors (Lipinski definition) is 5. The predicted octanol–water partition coefficient (Wildman–Crippen LogP) is 4.12. The van der Waals surface area contributed by atoms with Gasteiger partial charge in [-0.3, -0.25) is 10.1 Å². The maximum atomic E-state index is 11.0. The number of H-pyrrole nitrogens is 1. The molecule has 0 aliphatic carbocycles. The standard InChI is InChI=1S/C22H25N3O4.ClH/c26-17(15-29-22-8-4-3-7-21(22)25(27)28)14-24-11-9-16(10-12-24)19-13-23-20-6-2-1-5-18(19)20;/h1-8,13,16-17,23,26H,9-12,14-15H2;1H. The lowest BCUT2D eigenvalue weighted by atomic mass is 9.89. The van der Waals surface area contributed by atoms with Crippen molar-refractivity contribution in [1.82, 2.24) is 9.88 Å². The number of aromatic nitrogens is 1. The second kappa shape index (κ2) is 9.93. The van der Waals surface area contributed by atoms with E-state index in [9.17, 15) is 15.2 Å². The molecule has 3 aromatic rings. The van der Waals surface area contributed by atoms with Crippen LogP contribution in [0.2, 0.25) is 0 Å². The van der Waals surface area contributed by atoms with Crippen LogP contribution < -0.4 is 4.74 Å². The number of nitro benzene ring substituents is 1. The summed E-state index contributed by atoms with van der Waals surface area (Å²) in [5.41, 5.74) is 2.47. The van der Waals surface area contributed by atoms with Crippen LogP contribution in [-0.2, 0) is 0 Å². The highest BCUT2D eigenvalue weighted by Gasteiger charge is 2.24. The fourth-order valence-electron chi connectivity index (χ4n) is 4.13. The van der Waals surface area contributed by atoms with Gasteiger partial charge in [0.05, 0.1) is 4.92 Å². The number of likely N-dealkylation sites (tertiary alicyclic amines) is 1. The molecule has 8 heteroatoms. The van der Waals surface area contributed by atoms with Gasteiger partial charge < -0.3 is 19.7 Å². The van der Waals surface area contributed by atoms with E-state index >= 15 is 0 Å². The van der Waals surface area contributed by atoms with Gasteiger partial charge in [-0.1, -0.05) is 30.3 Å². The van der Waals surface area contributed by atoms with E-state index in [-0.39, 0.29) is 30.5 Å². The molecule has 7 nitrogen and oxygen atoms in total. The molecule has 160 valence electrons. The summed E-state index contributed by atoms with van der Waals surface area (Å²) >= 11 is 0. The summed E-state index contributed by atoms with van der Waals surface area (Å²) in [6, 6.07) is 14.6. The van der Waals surface area contributed by atoms with E-state index < -0.39 is 11.0 Å². The van der Waals surface area contributed by atoms with Crippen molar-refractivity contribution in [2.75, 3.05) is 26.2 Å². The molecule has 1 fully saturated rings. The van der Waals surface area contributed by atoms with Crippen molar-refractivity contribution >= 4 is 29.0 Å². The third kappa shape index (κ3) is 4.92. The molecule has 0 spiro atoms. The number of fused-ring (bicyclic) bond motifs is 1. The number of rotatable bonds is 7. The highest BCUT2D eigenvalue weighted by Crippen LogP contribution is 2.33. The molecule has 2 heterocycles. The van der Waals surface area contributed by atoms with E-state index in [0.29, 0.717) is 12.5 Å². The second-order valence-electron chi connectivity index (χ2n) is 7.55. The van der Waals surface area contributed by atoms with Gasteiger partial charge in [0.1, 0.15) is 12.7 Å². The van der Waals surface area contributed by atoms with E-state index in [2.05, 4.69) is 34.3 Å². The lowest BCUT2D eigenvalue weighted by Crippen LogP contribution is -2.40. The molecule has 1 unspecified atom stereocenters. The molecule has 30 heavy (non-hydrogen) atoms. The Balaban J connectivity index is 0.00000256. The summed E-state index contributed by atoms with van der Waals surface area (Å²) in [6.45, 7) is 2.36. The van der Waals surface area contributed by atoms with Crippen molar-refractivity contribution in [3.63, 3.8) is 0 Å². The minimum Gasteiger partial charge on any atom is -0.484 e. The van der Waals surface area contributed by atoms with Gasteiger partial charge in [-0.25, -0.2) is 0 Å². The zero-order valence-electron chi connectivity index (χ0n) is 16.6. The number of nitrogens with zero attached hydrogens (tertiary/aromatic N) is 2. The van der Waals surface area contributed by atoms with Crippen molar-refractivity contribution in [3.05, 3.63) is 70.4 Å². The van der Waals surface area contributed by atoms with Crippen LogP contribution in [0.3, 0.4) is 0 Å². The van der Waals surface area contributed by atoms with Crippen molar-refractivity contribution in [2.24, 2.45) is 0 Å². The van der Waals surface area contributed by atoms with Gasteiger partial charge in [-0.15, -0.1) is 12.4 Å². The van der Waals surface area contributed by atoms with E-state index in [1.807, 2.05) is 6.07 Å². The zero-order valence-corrected chi connectivity index (χ0v) is 17.4. The Kier molecular flexibility index (Phi) is 7.31. The Morgan fingerprint density at radius 3 is 2.63 bits per heavy atom. The molecule has 2 N–H and O–H groups in total. The number of aliphatic hydroxyl groups excluding tert-OH is 1. The first-order valence-electron chi connectivity index (χ1n) is 9.94. The number of nitrogens with one attached hydrogen (secondary N) is 1. The summed E-state index contributed by atoms with van der Waals surface area (Å²) < 4.78 is 5.51. The summed E-state index contributed by atoms with van der Waals surface area (Å²) in [6.07, 6.45) is 3.51. The number of β-amino-alcohol motifs (C(OH)–C–C–N with tert-alkyl or cyclic N) is 1. The van der Waals surface area contributed by atoms with Crippen LogP contribution in [0.4, 0.5) is 5.69 Å². The first-order valence-corrected chi connectivity index (χ1v) is 9.94. The van der Waals surface area contributed by atoms with E-state index in [1.165, 1.54) is 22.5 Å². The maximum absolute atomic E-state index is 11.0. The fourth-order valence-corrected chi connectivity index (χ4v) is 4.13. The molecule has 4 rings (SSSR count). The first-order chi connectivity index (χ1) is 14.1. The van der Waals surface area contributed by atoms with Gasteiger partial charge in [0.2, 0.25) is 0 Å². The summed E-state index contributed by atoms with van der Waals surface area (Å²) in [5, 5.41) is 22.7. The normalized spacial score (nSPS) is 16.2. The minimum absolute atomic E-state index is 0. The Hall–Kier alpha value is -2.61. The fraction of sp³-hybridized carbons (Fsp3) is 0.364.